The minimum atomic E-state index is -0.221. The van der Waals surface area contributed by atoms with E-state index in [4.69, 9.17) is 5.73 Å². The van der Waals surface area contributed by atoms with E-state index in [1.54, 1.807) is 10.3 Å². The fourth-order valence-corrected chi connectivity index (χ4v) is 3.39. The SMILES string of the molecule is CC(=O)Nc1nc(C(=O)N2CCCCC2CNC(=O)CCN)cs1.Cl.Cl. The lowest BCUT2D eigenvalue weighted by Gasteiger charge is -2.35. The maximum Gasteiger partial charge on any atom is 0.273 e. The Morgan fingerprint density at radius 1 is 1.35 bits per heavy atom. The zero-order valence-corrected chi connectivity index (χ0v) is 17.0. The Labute approximate surface area is 169 Å². The highest BCUT2D eigenvalue weighted by molar-refractivity contribution is 7.14. The molecule has 3 amide bonds. The lowest BCUT2D eigenvalue weighted by Crippen LogP contribution is -2.49. The van der Waals surface area contributed by atoms with E-state index >= 15 is 0 Å². The summed E-state index contributed by atoms with van der Waals surface area (Å²) in [5.74, 6) is -0.487. The molecule has 0 bridgehead atoms. The molecular formula is C15H25Cl2N5O3S. The molecule has 1 aliphatic rings. The van der Waals surface area contributed by atoms with Crippen LogP contribution in [0.5, 0.6) is 0 Å². The number of carbonyl (C=O) groups is 3. The number of rotatable bonds is 6. The summed E-state index contributed by atoms with van der Waals surface area (Å²) in [6.07, 6.45) is 3.08. The van der Waals surface area contributed by atoms with Gasteiger partial charge in [0.25, 0.3) is 5.91 Å². The second-order valence-electron chi connectivity index (χ2n) is 5.71. The minimum absolute atomic E-state index is 0. The van der Waals surface area contributed by atoms with E-state index in [1.165, 1.54) is 18.3 Å². The average molecular weight is 426 g/mol. The number of halogens is 2. The van der Waals surface area contributed by atoms with Crippen LogP contribution < -0.4 is 16.4 Å². The maximum atomic E-state index is 12.7. The van der Waals surface area contributed by atoms with Crippen LogP contribution in [0.4, 0.5) is 5.13 Å². The van der Waals surface area contributed by atoms with E-state index in [0.717, 1.165) is 19.3 Å². The normalized spacial score (nSPS) is 16.1. The van der Waals surface area contributed by atoms with Crippen molar-refractivity contribution in [2.75, 3.05) is 25.0 Å². The van der Waals surface area contributed by atoms with Gasteiger partial charge in [-0.1, -0.05) is 0 Å². The summed E-state index contributed by atoms with van der Waals surface area (Å²) in [6.45, 7) is 2.77. The van der Waals surface area contributed by atoms with Crippen LogP contribution in [0.15, 0.2) is 5.38 Å². The highest BCUT2D eigenvalue weighted by atomic mass is 35.5. The predicted molar refractivity (Wildman–Crippen MR) is 106 cm³/mol. The lowest BCUT2D eigenvalue weighted by atomic mass is 10.0. The maximum absolute atomic E-state index is 12.7. The number of carbonyl (C=O) groups excluding carboxylic acids is 3. The number of piperidine rings is 1. The molecule has 1 aromatic heterocycles. The minimum Gasteiger partial charge on any atom is -0.354 e. The van der Waals surface area contributed by atoms with E-state index in [2.05, 4.69) is 15.6 Å². The average Bonchev–Trinajstić information content (AvgIpc) is 3.00. The quantitative estimate of drug-likeness (QED) is 0.636. The van der Waals surface area contributed by atoms with Crippen molar-refractivity contribution in [3.63, 3.8) is 0 Å². The zero-order valence-electron chi connectivity index (χ0n) is 14.5. The standard InChI is InChI=1S/C15H23N5O3S.2ClH/c1-10(21)18-15-19-12(9-24-15)14(23)20-7-3-2-4-11(20)8-17-13(22)5-6-16;;/h9,11H,2-8,16H2,1H3,(H,17,22)(H,18,19,21);2*1H. The number of anilines is 1. The smallest absolute Gasteiger partial charge is 0.273 e. The molecule has 2 heterocycles. The van der Waals surface area contributed by atoms with Crippen molar-refractivity contribution in [3.8, 4) is 0 Å². The molecule has 0 aromatic carbocycles. The van der Waals surface area contributed by atoms with Crippen LogP contribution in [0.1, 0.15) is 43.1 Å². The molecule has 0 radical (unpaired) electrons. The molecule has 1 aromatic rings. The van der Waals surface area contributed by atoms with E-state index < -0.39 is 0 Å². The summed E-state index contributed by atoms with van der Waals surface area (Å²) >= 11 is 1.22. The number of hydrogen-bond acceptors (Lipinski definition) is 6. The molecule has 1 fully saturated rings. The molecule has 26 heavy (non-hydrogen) atoms. The van der Waals surface area contributed by atoms with E-state index in [0.29, 0.717) is 30.5 Å². The molecule has 4 N–H and O–H groups in total. The summed E-state index contributed by atoms with van der Waals surface area (Å²) < 4.78 is 0. The highest BCUT2D eigenvalue weighted by Crippen LogP contribution is 2.22. The van der Waals surface area contributed by atoms with E-state index in [9.17, 15) is 14.4 Å². The third-order valence-electron chi connectivity index (χ3n) is 3.80. The number of thiazole rings is 1. The molecule has 8 nitrogen and oxygen atoms in total. The topological polar surface area (TPSA) is 117 Å². The molecule has 0 saturated carbocycles. The Bertz CT molecular complexity index is 614. The second kappa shape index (κ2) is 12.1. The first-order chi connectivity index (χ1) is 11.5. The third kappa shape index (κ3) is 7.06. The molecule has 0 aliphatic carbocycles. The van der Waals surface area contributed by atoms with Gasteiger partial charge in [0, 0.05) is 44.4 Å². The molecule has 11 heteroatoms. The second-order valence-corrected chi connectivity index (χ2v) is 6.57. The summed E-state index contributed by atoms with van der Waals surface area (Å²) in [5.41, 5.74) is 5.69. The van der Waals surface area contributed by atoms with Crippen molar-refractivity contribution < 1.29 is 14.4 Å². The van der Waals surface area contributed by atoms with Crippen molar-refractivity contribution in [2.24, 2.45) is 5.73 Å². The van der Waals surface area contributed by atoms with Crippen LogP contribution in [-0.4, -0.2) is 53.3 Å². The van der Waals surface area contributed by atoms with Gasteiger partial charge in [-0.3, -0.25) is 14.4 Å². The van der Waals surface area contributed by atoms with Gasteiger partial charge in [0.1, 0.15) is 5.69 Å². The van der Waals surface area contributed by atoms with Crippen LogP contribution >= 0.6 is 36.2 Å². The number of likely N-dealkylation sites (tertiary alicyclic amines) is 1. The Morgan fingerprint density at radius 3 is 2.73 bits per heavy atom. The Kier molecular flexibility index (Phi) is 11.4. The van der Waals surface area contributed by atoms with Crippen LogP contribution in [0.25, 0.3) is 0 Å². The molecule has 1 unspecified atom stereocenters. The van der Waals surface area contributed by atoms with Crippen LogP contribution in [0, 0.1) is 0 Å². The van der Waals surface area contributed by atoms with Gasteiger partial charge in [-0.25, -0.2) is 4.98 Å². The van der Waals surface area contributed by atoms with Gasteiger partial charge in [-0.2, -0.15) is 0 Å². The molecule has 1 saturated heterocycles. The number of amides is 3. The first kappa shape index (κ1) is 24.6. The zero-order chi connectivity index (χ0) is 17.5. The fraction of sp³-hybridized carbons (Fsp3) is 0.600. The van der Waals surface area contributed by atoms with Gasteiger partial charge in [0.05, 0.1) is 0 Å². The number of nitrogens with one attached hydrogen (secondary N) is 2. The number of aromatic nitrogens is 1. The van der Waals surface area contributed by atoms with E-state index in [-0.39, 0.29) is 55.0 Å². The van der Waals surface area contributed by atoms with Crippen molar-refractivity contribution in [3.05, 3.63) is 11.1 Å². The largest absolute Gasteiger partial charge is 0.354 e. The highest BCUT2D eigenvalue weighted by Gasteiger charge is 2.29. The first-order valence-corrected chi connectivity index (χ1v) is 8.90. The Balaban J connectivity index is 0.00000312. The molecule has 2 rings (SSSR count). The molecule has 148 valence electrons. The molecule has 1 aliphatic heterocycles. The number of hydrogen-bond donors (Lipinski definition) is 3. The van der Waals surface area contributed by atoms with Crippen molar-refractivity contribution in [2.45, 2.75) is 38.6 Å². The Hall–Kier alpha value is -1.42. The van der Waals surface area contributed by atoms with E-state index in [1.807, 2.05) is 0 Å². The molecule has 1 atom stereocenters. The first-order valence-electron chi connectivity index (χ1n) is 8.02. The number of nitrogens with two attached hydrogens (primary N) is 1. The van der Waals surface area contributed by atoms with Crippen LogP contribution in [0.2, 0.25) is 0 Å². The van der Waals surface area contributed by atoms with Crippen molar-refractivity contribution in [1.29, 1.82) is 0 Å². The van der Waals surface area contributed by atoms with Gasteiger partial charge in [0.15, 0.2) is 5.13 Å². The monoisotopic (exact) mass is 425 g/mol. The fourth-order valence-electron chi connectivity index (χ4n) is 2.66. The van der Waals surface area contributed by atoms with Crippen molar-refractivity contribution in [1.82, 2.24) is 15.2 Å². The summed E-state index contributed by atoms with van der Waals surface area (Å²) in [7, 11) is 0. The Morgan fingerprint density at radius 2 is 2.08 bits per heavy atom. The summed E-state index contributed by atoms with van der Waals surface area (Å²) in [5, 5.41) is 7.47. The van der Waals surface area contributed by atoms with Gasteiger partial charge >= 0.3 is 0 Å². The van der Waals surface area contributed by atoms with Crippen LogP contribution in [-0.2, 0) is 9.59 Å². The van der Waals surface area contributed by atoms with Gasteiger partial charge in [-0.15, -0.1) is 36.2 Å². The molecule has 0 spiro atoms. The predicted octanol–water partition coefficient (Wildman–Crippen LogP) is 1.40. The van der Waals surface area contributed by atoms with Crippen molar-refractivity contribution >= 4 is 59.0 Å². The molecular weight excluding hydrogens is 401 g/mol. The van der Waals surface area contributed by atoms with Gasteiger partial charge < -0.3 is 21.3 Å². The number of nitrogens with zero attached hydrogens (tertiary/aromatic N) is 2. The summed E-state index contributed by atoms with van der Waals surface area (Å²) in [4.78, 5) is 41.3. The lowest BCUT2D eigenvalue weighted by molar-refractivity contribution is -0.121. The summed E-state index contributed by atoms with van der Waals surface area (Å²) in [6, 6.07) is -0.0427. The van der Waals surface area contributed by atoms with Gasteiger partial charge in [0.2, 0.25) is 11.8 Å². The third-order valence-corrected chi connectivity index (χ3v) is 4.56. The van der Waals surface area contributed by atoms with Crippen LogP contribution in [0.3, 0.4) is 0 Å². The van der Waals surface area contributed by atoms with Gasteiger partial charge in [-0.05, 0) is 19.3 Å².